The Morgan fingerprint density at radius 2 is 1.87 bits per heavy atom. The molecule has 3 N–H and O–H groups in total. The monoisotopic (exact) mass is 206 g/mol. The van der Waals surface area contributed by atoms with Crippen LogP contribution in [0, 0.1) is 0 Å². The molecule has 15 heavy (non-hydrogen) atoms. The largest absolute Gasteiger partial charge is 0.499 e. The number of H-pyrrole nitrogens is 1. The summed E-state index contributed by atoms with van der Waals surface area (Å²) in [7, 11) is 0. The first-order valence-corrected chi connectivity index (χ1v) is 3.98. The Kier molecular flexibility index (Phi) is 2.05. The van der Waals surface area contributed by atoms with Gasteiger partial charge >= 0.3 is 0 Å². The van der Waals surface area contributed by atoms with E-state index < -0.39 is 17.2 Å². The number of rotatable bonds is 1. The normalized spacial score (nSPS) is 10.1. The topological polar surface area (TPSA) is 112 Å². The maximum absolute atomic E-state index is 11.1. The lowest BCUT2D eigenvalue weighted by atomic mass is 10.4. The van der Waals surface area contributed by atoms with Gasteiger partial charge in [-0.25, -0.2) is 9.97 Å². The minimum absolute atomic E-state index is 0.00380. The number of aromatic hydroxyl groups is 2. The number of aromatic nitrogens is 4. The first kappa shape index (κ1) is 9.13. The van der Waals surface area contributed by atoms with Gasteiger partial charge in [0.25, 0.3) is 11.4 Å². The van der Waals surface area contributed by atoms with E-state index in [0.29, 0.717) is 0 Å². The summed E-state index contributed by atoms with van der Waals surface area (Å²) < 4.78 is 0. The van der Waals surface area contributed by atoms with Crippen LogP contribution in [0.3, 0.4) is 0 Å². The fraction of sp³-hybridized carbons (Fsp3) is 0. The third kappa shape index (κ3) is 1.62. The van der Waals surface area contributed by atoms with E-state index in [4.69, 9.17) is 10.2 Å². The molecule has 7 heteroatoms. The predicted octanol–water partition coefficient (Wildman–Crippen LogP) is -0.362. The van der Waals surface area contributed by atoms with Crippen molar-refractivity contribution in [2.24, 2.45) is 0 Å². The Bertz CT molecular complexity index is 537. The second-order valence-corrected chi connectivity index (χ2v) is 2.66. The summed E-state index contributed by atoms with van der Waals surface area (Å²) in [6, 6.07) is 1.60. The Morgan fingerprint density at radius 3 is 2.47 bits per heavy atom. The van der Waals surface area contributed by atoms with Crippen LogP contribution in [-0.2, 0) is 0 Å². The lowest BCUT2D eigenvalue weighted by molar-refractivity contribution is 0.382. The third-order valence-corrected chi connectivity index (χ3v) is 1.65. The molecule has 0 saturated heterocycles. The number of hydrogen-bond acceptors (Lipinski definition) is 6. The minimum Gasteiger partial charge on any atom is -0.499 e. The number of hydrogen-bond donors (Lipinski definition) is 3. The molecule has 76 valence electrons. The molecule has 0 aliphatic carbocycles. The van der Waals surface area contributed by atoms with E-state index in [1.807, 2.05) is 0 Å². The molecule has 0 amide bonds. The van der Waals surface area contributed by atoms with E-state index in [0.717, 1.165) is 0 Å². The Morgan fingerprint density at radius 1 is 1.20 bits per heavy atom. The second-order valence-electron chi connectivity index (χ2n) is 2.66. The molecule has 2 aromatic heterocycles. The lowest BCUT2D eigenvalue weighted by Crippen LogP contribution is -2.09. The second kappa shape index (κ2) is 3.37. The SMILES string of the molecule is O=c1[nH]c(-c2ncccn2)nc(O)c1O. The lowest BCUT2D eigenvalue weighted by Gasteiger charge is -1.99. The molecule has 0 bridgehead atoms. The van der Waals surface area contributed by atoms with Crippen LogP contribution in [0.1, 0.15) is 0 Å². The molecule has 0 radical (unpaired) electrons. The van der Waals surface area contributed by atoms with Crippen molar-refractivity contribution in [1.82, 2.24) is 19.9 Å². The molecule has 2 aromatic rings. The molecule has 0 fully saturated rings. The maximum Gasteiger partial charge on any atom is 0.297 e. The molecule has 0 saturated carbocycles. The highest BCUT2D eigenvalue weighted by molar-refractivity contribution is 5.45. The average molecular weight is 206 g/mol. The van der Waals surface area contributed by atoms with Crippen LogP contribution in [0.2, 0.25) is 0 Å². The molecule has 0 unspecified atom stereocenters. The van der Waals surface area contributed by atoms with Gasteiger partial charge in [0.2, 0.25) is 5.75 Å². The summed E-state index contributed by atoms with van der Waals surface area (Å²) in [5, 5.41) is 18.1. The third-order valence-electron chi connectivity index (χ3n) is 1.65. The van der Waals surface area contributed by atoms with Crippen molar-refractivity contribution in [1.29, 1.82) is 0 Å². The summed E-state index contributed by atoms with van der Waals surface area (Å²) in [4.78, 5) is 24.5. The highest BCUT2D eigenvalue weighted by Gasteiger charge is 2.11. The Labute approximate surface area is 83.1 Å². The van der Waals surface area contributed by atoms with Crippen LogP contribution < -0.4 is 5.56 Å². The fourth-order valence-electron chi connectivity index (χ4n) is 0.982. The van der Waals surface area contributed by atoms with Crippen LogP contribution in [-0.4, -0.2) is 30.1 Å². The summed E-state index contributed by atoms with van der Waals surface area (Å²) in [5.74, 6) is -1.42. The fourth-order valence-corrected chi connectivity index (χ4v) is 0.982. The number of aromatic amines is 1. The smallest absolute Gasteiger partial charge is 0.297 e. The molecule has 2 heterocycles. The Balaban J connectivity index is 2.61. The number of nitrogens with one attached hydrogen (secondary N) is 1. The van der Waals surface area contributed by atoms with E-state index in [-0.39, 0.29) is 11.6 Å². The molecule has 0 spiro atoms. The van der Waals surface area contributed by atoms with Crippen molar-refractivity contribution in [3.8, 4) is 23.3 Å². The van der Waals surface area contributed by atoms with Crippen LogP contribution in [0.5, 0.6) is 11.6 Å². The summed E-state index contributed by atoms with van der Waals surface area (Å²) >= 11 is 0. The minimum atomic E-state index is -0.843. The van der Waals surface area contributed by atoms with Crippen LogP contribution >= 0.6 is 0 Å². The van der Waals surface area contributed by atoms with Gasteiger partial charge in [0, 0.05) is 12.4 Å². The van der Waals surface area contributed by atoms with Crippen molar-refractivity contribution in [3.63, 3.8) is 0 Å². The van der Waals surface area contributed by atoms with Gasteiger partial charge in [-0.1, -0.05) is 0 Å². The van der Waals surface area contributed by atoms with E-state index in [9.17, 15) is 4.79 Å². The first-order chi connectivity index (χ1) is 7.18. The van der Waals surface area contributed by atoms with Crippen LogP contribution in [0.4, 0.5) is 0 Å². The van der Waals surface area contributed by atoms with Crippen molar-refractivity contribution >= 4 is 0 Å². The van der Waals surface area contributed by atoms with E-state index in [1.165, 1.54) is 12.4 Å². The van der Waals surface area contributed by atoms with Gasteiger partial charge in [0.1, 0.15) is 0 Å². The van der Waals surface area contributed by atoms with Gasteiger partial charge in [-0.3, -0.25) is 4.79 Å². The summed E-state index contributed by atoms with van der Waals surface area (Å²) in [6.07, 6.45) is 2.93. The Hall–Kier alpha value is -2.44. The van der Waals surface area contributed by atoms with Crippen molar-refractivity contribution in [3.05, 3.63) is 28.8 Å². The molecule has 0 atom stereocenters. The average Bonchev–Trinajstić information content (AvgIpc) is 2.26. The standard InChI is InChI=1S/C8H6N4O3/c13-4-7(14)11-6(12-8(4)15)5-9-2-1-3-10-5/h1-3,13H,(H2,11,12,14,15). The molecule has 0 aromatic carbocycles. The van der Waals surface area contributed by atoms with Gasteiger partial charge in [-0.15, -0.1) is 0 Å². The number of nitrogens with zero attached hydrogens (tertiary/aromatic N) is 3. The molecule has 0 aliphatic rings. The first-order valence-electron chi connectivity index (χ1n) is 3.98. The molecular formula is C8H6N4O3. The summed E-state index contributed by atoms with van der Waals surface area (Å²) in [6.45, 7) is 0. The van der Waals surface area contributed by atoms with Gasteiger partial charge in [0.05, 0.1) is 0 Å². The zero-order chi connectivity index (χ0) is 10.8. The predicted molar refractivity (Wildman–Crippen MR) is 49.2 cm³/mol. The quantitative estimate of drug-likeness (QED) is 0.587. The van der Waals surface area contributed by atoms with E-state index in [2.05, 4.69) is 19.9 Å². The zero-order valence-electron chi connectivity index (χ0n) is 7.38. The maximum atomic E-state index is 11.1. The van der Waals surface area contributed by atoms with Gasteiger partial charge in [-0.2, -0.15) is 4.98 Å². The molecular weight excluding hydrogens is 200 g/mol. The molecule has 0 aliphatic heterocycles. The summed E-state index contributed by atoms with van der Waals surface area (Å²) in [5.41, 5.74) is -0.843. The molecule has 7 nitrogen and oxygen atoms in total. The van der Waals surface area contributed by atoms with Crippen LogP contribution in [0.15, 0.2) is 23.3 Å². The van der Waals surface area contributed by atoms with Gasteiger partial charge in [0.15, 0.2) is 11.6 Å². The van der Waals surface area contributed by atoms with E-state index >= 15 is 0 Å². The van der Waals surface area contributed by atoms with Crippen LogP contribution in [0.25, 0.3) is 11.6 Å². The van der Waals surface area contributed by atoms with Gasteiger partial charge < -0.3 is 15.2 Å². The van der Waals surface area contributed by atoms with Crippen molar-refractivity contribution in [2.75, 3.05) is 0 Å². The van der Waals surface area contributed by atoms with Crippen molar-refractivity contribution in [2.45, 2.75) is 0 Å². The van der Waals surface area contributed by atoms with Gasteiger partial charge in [-0.05, 0) is 6.07 Å². The van der Waals surface area contributed by atoms with E-state index in [1.54, 1.807) is 6.07 Å². The zero-order valence-corrected chi connectivity index (χ0v) is 7.38. The molecule has 2 rings (SSSR count). The highest BCUT2D eigenvalue weighted by atomic mass is 16.3. The van der Waals surface area contributed by atoms with Crippen molar-refractivity contribution < 1.29 is 10.2 Å². The highest BCUT2D eigenvalue weighted by Crippen LogP contribution is 2.17.